The maximum Gasteiger partial charge on any atom is 0.322 e. The second kappa shape index (κ2) is 8.63. The van der Waals surface area contributed by atoms with Crippen LogP contribution in [0.4, 0.5) is 0 Å². The Morgan fingerprint density at radius 2 is 1.17 bits per heavy atom. The van der Waals surface area contributed by atoms with Crippen molar-refractivity contribution < 1.29 is 28.7 Å². The lowest BCUT2D eigenvalue weighted by atomic mass is 9.70. The van der Waals surface area contributed by atoms with Crippen LogP contribution < -0.4 is 9.47 Å². The molecule has 6 nitrogen and oxygen atoms in total. The quantitative estimate of drug-likeness (QED) is 0.262. The number of carbonyl (C=O) groups excluding carboxylic acids is 4. The molecular weight excluding hydrogens is 491 g/mol. The van der Waals surface area contributed by atoms with Gasteiger partial charge in [-0.3, -0.25) is 19.2 Å². The van der Waals surface area contributed by atoms with Crippen molar-refractivity contribution in [2.24, 2.45) is 11.8 Å². The first-order valence-electron chi connectivity index (χ1n) is 10.8. The lowest BCUT2D eigenvalue weighted by molar-refractivity contribution is -0.142. The minimum Gasteiger partial charge on any atom is -0.425 e. The Morgan fingerprint density at radius 1 is 0.686 bits per heavy atom. The largest absolute Gasteiger partial charge is 0.425 e. The Kier molecular flexibility index (Phi) is 5.74. The number of Topliss-reactive ketones (excluding diaryl/α,β-unsaturated/α-hetero) is 2. The Hall–Kier alpha value is -3.48. The number of hydrogen-bond donors (Lipinski definition) is 0. The molecule has 2 atom stereocenters. The number of aryl methyl sites for hydroxylation is 2. The van der Waals surface area contributed by atoms with Crippen molar-refractivity contribution in [3.05, 3.63) is 92.5 Å². The number of rotatable bonds is 3. The Balaban J connectivity index is 1.71. The number of ether oxygens (including phenoxy) is 2. The predicted octanol–water partition coefficient (Wildman–Crippen LogP) is 5.53. The van der Waals surface area contributed by atoms with Gasteiger partial charge in [-0.05, 0) is 55.8 Å². The summed E-state index contributed by atoms with van der Waals surface area (Å²) in [5, 5.41) is 0.420. The number of esters is 2. The molecule has 0 fully saturated rings. The zero-order valence-electron chi connectivity index (χ0n) is 18.6. The molecule has 2 unspecified atom stereocenters. The van der Waals surface area contributed by atoms with E-state index in [2.05, 4.69) is 0 Å². The van der Waals surface area contributed by atoms with Crippen molar-refractivity contribution in [3.8, 4) is 11.5 Å². The molecule has 2 aliphatic rings. The first-order valence-corrected chi connectivity index (χ1v) is 11.6. The van der Waals surface area contributed by atoms with Gasteiger partial charge in [0.05, 0.1) is 11.1 Å². The minimum absolute atomic E-state index is 0.105. The molecule has 0 aromatic heterocycles. The molecule has 0 aliphatic carbocycles. The van der Waals surface area contributed by atoms with E-state index in [1.54, 1.807) is 50.2 Å². The van der Waals surface area contributed by atoms with Gasteiger partial charge in [0.2, 0.25) is 0 Å². The van der Waals surface area contributed by atoms with Gasteiger partial charge in [-0.2, -0.15) is 0 Å². The fourth-order valence-corrected chi connectivity index (χ4v) is 5.22. The fourth-order valence-electron chi connectivity index (χ4n) is 4.69. The van der Waals surface area contributed by atoms with E-state index in [0.717, 1.165) is 11.1 Å². The normalized spacial score (nSPS) is 20.0. The fraction of sp³-hybridized carbons (Fsp3) is 0.185. The molecule has 3 aromatic carbocycles. The zero-order valence-corrected chi connectivity index (χ0v) is 20.1. The van der Waals surface area contributed by atoms with E-state index < -0.39 is 41.3 Å². The highest BCUT2D eigenvalue weighted by molar-refractivity contribution is 6.35. The summed E-state index contributed by atoms with van der Waals surface area (Å²) >= 11 is 12.6. The third-order valence-electron chi connectivity index (χ3n) is 6.33. The second-order valence-electron chi connectivity index (χ2n) is 8.72. The van der Waals surface area contributed by atoms with Crippen molar-refractivity contribution in [3.63, 3.8) is 0 Å². The van der Waals surface area contributed by atoms with E-state index in [4.69, 9.17) is 32.7 Å². The lowest BCUT2D eigenvalue weighted by Crippen LogP contribution is -2.46. The highest BCUT2D eigenvalue weighted by Crippen LogP contribution is 2.46. The smallest absolute Gasteiger partial charge is 0.322 e. The number of ketones is 2. The summed E-state index contributed by atoms with van der Waals surface area (Å²) in [5.41, 5.74) is 2.20. The summed E-state index contributed by atoms with van der Waals surface area (Å²) < 4.78 is 11.0. The summed E-state index contributed by atoms with van der Waals surface area (Å²) in [6.07, 6.45) is 0. The minimum atomic E-state index is -1.50. The van der Waals surface area contributed by atoms with Gasteiger partial charge >= 0.3 is 11.9 Å². The first kappa shape index (κ1) is 23.3. The van der Waals surface area contributed by atoms with Gasteiger partial charge in [-0.15, -0.1) is 0 Å². The molecule has 0 amide bonds. The Bertz CT molecular complexity index is 1360. The van der Waals surface area contributed by atoms with Crippen molar-refractivity contribution in [1.82, 2.24) is 0 Å². The van der Waals surface area contributed by atoms with Crippen LogP contribution in [0.25, 0.3) is 0 Å². The number of fused-ring (bicyclic) bond motifs is 2. The van der Waals surface area contributed by atoms with Crippen LogP contribution >= 0.6 is 23.2 Å². The summed E-state index contributed by atoms with van der Waals surface area (Å²) in [5.74, 6) is -6.91. The van der Waals surface area contributed by atoms with Gasteiger partial charge in [-0.25, -0.2) is 0 Å². The summed E-state index contributed by atoms with van der Waals surface area (Å²) in [6.45, 7) is 3.60. The summed E-state index contributed by atoms with van der Waals surface area (Å²) in [7, 11) is 0. The molecule has 35 heavy (non-hydrogen) atoms. The molecule has 2 aliphatic heterocycles. The molecule has 2 heterocycles. The SMILES string of the molecule is Cc1ccc2c(c1)C(=O)C(C(c1ccc(Cl)cc1Cl)C1C(=O)Oc3ccc(C)cc3C1=O)C(=O)O2. The van der Waals surface area contributed by atoms with E-state index in [-0.39, 0.29) is 33.2 Å². The average molecular weight is 509 g/mol. The Labute approximate surface area is 210 Å². The first-order chi connectivity index (χ1) is 16.7. The van der Waals surface area contributed by atoms with E-state index in [9.17, 15) is 19.2 Å². The number of halogens is 2. The van der Waals surface area contributed by atoms with E-state index in [1.165, 1.54) is 18.2 Å². The van der Waals surface area contributed by atoms with Crippen LogP contribution in [0.3, 0.4) is 0 Å². The van der Waals surface area contributed by atoms with E-state index in [0.29, 0.717) is 5.02 Å². The molecule has 0 spiro atoms. The third kappa shape index (κ3) is 3.93. The predicted molar refractivity (Wildman–Crippen MR) is 128 cm³/mol. The number of carbonyl (C=O) groups is 4. The topological polar surface area (TPSA) is 86.7 Å². The van der Waals surface area contributed by atoms with Crippen LogP contribution in [-0.2, 0) is 9.59 Å². The molecule has 176 valence electrons. The van der Waals surface area contributed by atoms with Crippen molar-refractivity contribution >= 4 is 46.7 Å². The second-order valence-corrected chi connectivity index (χ2v) is 9.56. The van der Waals surface area contributed by atoms with Crippen LogP contribution in [0, 0.1) is 25.7 Å². The van der Waals surface area contributed by atoms with Gasteiger partial charge < -0.3 is 9.47 Å². The highest BCUT2D eigenvalue weighted by Gasteiger charge is 2.52. The molecule has 0 saturated heterocycles. The monoisotopic (exact) mass is 508 g/mol. The molecular formula is C27H18Cl2O6. The highest BCUT2D eigenvalue weighted by atomic mass is 35.5. The van der Waals surface area contributed by atoms with Gasteiger partial charge in [0.15, 0.2) is 11.6 Å². The van der Waals surface area contributed by atoms with Crippen molar-refractivity contribution in [2.45, 2.75) is 19.8 Å². The third-order valence-corrected chi connectivity index (χ3v) is 6.90. The maximum atomic E-state index is 13.7. The maximum absolute atomic E-state index is 13.7. The van der Waals surface area contributed by atoms with Gasteiger partial charge in [0.25, 0.3) is 0 Å². The summed E-state index contributed by atoms with van der Waals surface area (Å²) in [4.78, 5) is 53.8. The van der Waals surface area contributed by atoms with Crippen molar-refractivity contribution in [2.75, 3.05) is 0 Å². The summed E-state index contributed by atoms with van der Waals surface area (Å²) in [6, 6.07) is 14.2. The number of benzene rings is 3. The van der Waals surface area contributed by atoms with Crippen LogP contribution in [0.5, 0.6) is 11.5 Å². The van der Waals surface area contributed by atoms with Gasteiger partial charge in [0.1, 0.15) is 23.3 Å². The van der Waals surface area contributed by atoms with E-state index >= 15 is 0 Å². The van der Waals surface area contributed by atoms with Crippen LogP contribution in [0.1, 0.15) is 43.3 Å². The van der Waals surface area contributed by atoms with Crippen LogP contribution in [0.2, 0.25) is 10.0 Å². The lowest BCUT2D eigenvalue weighted by Gasteiger charge is -2.35. The molecule has 8 heteroatoms. The van der Waals surface area contributed by atoms with Crippen molar-refractivity contribution in [1.29, 1.82) is 0 Å². The van der Waals surface area contributed by atoms with Gasteiger partial charge in [0, 0.05) is 16.0 Å². The standard InChI is InChI=1S/C27H18Cl2O6/c1-12-3-7-19-16(9-12)24(30)22(26(32)34-19)21(15-6-5-14(28)11-18(15)29)23-25(31)17-10-13(2)4-8-20(17)35-27(23)33/h3-11,21-23H,1-2H3. The molecule has 0 bridgehead atoms. The van der Waals surface area contributed by atoms with Crippen LogP contribution in [0.15, 0.2) is 54.6 Å². The average Bonchev–Trinajstić information content (AvgIpc) is 2.79. The molecule has 0 saturated carbocycles. The van der Waals surface area contributed by atoms with Gasteiger partial charge in [-0.1, -0.05) is 52.5 Å². The number of hydrogen-bond acceptors (Lipinski definition) is 6. The zero-order chi connectivity index (χ0) is 25.0. The van der Waals surface area contributed by atoms with Crippen LogP contribution in [-0.4, -0.2) is 23.5 Å². The Morgan fingerprint density at radius 3 is 1.63 bits per heavy atom. The molecule has 5 rings (SSSR count). The molecule has 0 N–H and O–H groups in total. The molecule has 0 radical (unpaired) electrons. The molecule has 3 aromatic rings. The van der Waals surface area contributed by atoms with E-state index in [1.807, 2.05) is 0 Å².